The van der Waals surface area contributed by atoms with Crippen molar-refractivity contribution in [3.63, 3.8) is 0 Å². The number of hydrogen-bond acceptors (Lipinski definition) is 2. The first-order chi connectivity index (χ1) is 6.59. The maximum Gasteiger partial charge on any atom is 0.328 e. The summed E-state index contributed by atoms with van der Waals surface area (Å²) in [7, 11) is 0. The van der Waals surface area contributed by atoms with Gasteiger partial charge in [0.05, 0.1) is 0 Å². The molecule has 1 N–H and O–H groups in total. The van der Waals surface area contributed by atoms with Crippen molar-refractivity contribution in [2.45, 2.75) is 4.90 Å². The summed E-state index contributed by atoms with van der Waals surface area (Å²) in [6.07, 6.45) is 0.923. The number of aliphatic carboxylic acids is 1. The van der Waals surface area contributed by atoms with E-state index in [2.05, 4.69) is 0 Å². The Hall–Kier alpha value is -1.36. The molecule has 0 aliphatic rings. The number of carboxylic acids is 1. The monoisotopic (exact) mass is 216 g/mol. The highest BCUT2D eigenvalue weighted by Crippen LogP contribution is 2.20. The molecule has 0 amide bonds. The molecule has 0 saturated heterocycles. The van der Waals surface area contributed by atoms with Crippen LogP contribution in [0.25, 0.3) is 0 Å². The van der Waals surface area contributed by atoms with Crippen LogP contribution in [0.3, 0.4) is 0 Å². The van der Waals surface area contributed by atoms with E-state index in [1.807, 2.05) is 0 Å². The molecule has 1 rings (SSSR count). The lowest BCUT2D eigenvalue weighted by Gasteiger charge is -1.96. The Labute approximate surface area is 83.2 Å². The summed E-state index contributed by atoms with van der Waals surface area (Å²) in [4.78, 5) is 10.5. The van der Waals surface area contributed by atoms with Gasteiger partial charge >= 0.3 is 5.97 Å². The minimum Gasteiger partial charge on any atom is -0.478 e. The molecule has 0 unspecified atom stereocenters. The molecule has 74 valence electrons. The lowest BCUT2D eigenvalue weighted by Crippen LogP contribution is -1.85. The third-order valence-electron chi connectivity index (χ3n) is 1.31. The van der Waals surface area contributed by atoms with E-state index in [-0.39, 0.29) is 0 Å². The van der Waals surface area contributed by atoms with Gasteiger partial charge in [-0.3, -0.25) is 0 Å². The lowest BCUT2D eigenvalue weighted by atomic mass is 10.3. The average Bonchev–Trinajstić information content (AvgIpc) is 2.10. The molecule has 0 atom stereocenters. The average molecular weight is 216 g/mol. The van der Waals surface area contributed by atoms with Crippen LogP contribution in [0, 0.1) is 11.6 Å². The smallest absolute Gasteiger partial charge is 0.328 e. The van der Waals surface area contributed by atoms with Gasteiger partial charge < -0.3 is 5.11 Å². The minimum absolute atomic E-state index is 0.446. The van der Waals surface area contributed by atoms with Gasteiger partial charge in [0.2, 0.25) is 0 Å². The molecule has 14 heavy (non-hydrogen) atoms. The Morgan fingerprint density at radius 2 is 2.07 bits per heavy atom. The fraction of sp³-hybridized carbons (Fsp3) is 0. The van der Waals surface area contributed by atoms with E-state index >= 15 is 0 Å². The van der Waals surface area contributed by atoms with Gasteiger partial charge in [0.1, 0.15) is 0 Å². The highest BCUT2D eigenvalue weighted by atomic mass is 32.2. The predicted molar refractivity (Wildman–Crippen MR) is 49.0 cm³/mol. The number of hydrogen-bond donors (Lipinski definition) is 1. The molecule has 0 heterocycles. The Morgan fingerprint density at radius 3 is 2.64 bits per heavy atom. The second kappa shape index (κ2) is 4.76. The first-order valence-electron chi connectivity index (χ1n) is 3.61. The van der Waals surface area contributed by atoms with Crippen LogP contribution < -0.4 is 0 Å². The van der Waals surface area contributed by atoms with E-state index < -0.39 is 17.6 Å². The summed E-state index contributed by atoms with van der Waals surface area (Å²) in [5.41, 5.74) is 0. The second-order valence-electron chi connectivity index (χ2n) is 2.33. The number of carbonyl (C=O) groups is 1. The summed E-state index contributed by atoms with van der Waals surface area (Å²) in [6.45, 7) is 0. The van der Waals surface area contributed by atoms with Crippen molar-refractivity contribution in [2.24, 2.45) is 0 Å². The van der Waals surface area contributed by atoms with Gasteiger partial charge in [-0.2, -0.15) is 0 Å². The van der Waals surface area contributed by atoms with Gasteiger partial charge in [-0.15, -0.1) is 0 Å². The van der Waals surface area contributed by atoms with E-state index in [0.29, 0.717) is 4.90 Å². The van der Waals surface area contributed by atoms with E-state index in [1.165, 1.54) is 11.5 Å². The summed E-state index contributed by atoms with van der Waals surface area (Å²) in [5, 5.41) is 9.54. The fourth-order valence-corrected chi connectivity index (χ4v) is 1.38. The van der Waals surface area contributed by atoms with Crippen LogP contribution in [-0.2, 0) is 4.79 Å². The standard InChI is InChI=1S/C9H6F2O2S/c10-7-2-1-6(5-8(7)11)14-4-3-9(12)13/h1-5H,(H,12,13). The number of halogens is 2. The Bertz CT molecular complexity index is 377. The SMILES string of the molecule is O=C(O)C=CSc1ccc(F)c(F)c1. The molecule has 0 spiro atoms. The lowest BCUT2D eigenvalue weighted by molar-refractivity contribution is -0.131. The largest absolute Gasteiger partial charge is 0.478 e. The summed E-state index contributed by atoms with van der Waals surface area (Å²) in [6, 6.07) is 3.37. The van der Waals surface area contributed by atoms with Crippen LogP contribution in [0.15, 0.2) is 34.6 Å². The number of thioether (sulfide) groups is 1. The first kappa shape index (κ1) is 10.7. The molecular weight excluding hydrogens is 210 g/mol. The molecule has 0 aliphatic carbocycles. The molecule has 0 fully saturated rings. The predicted octanol–water partition coefficient (Wildman–Crippen LogP) is 2.66. The van der Waals surface area contributed by atoms with Crippen LogP contribution in [0.4, 0.5) is 8.78 Å². The van der Waals surface area contributed by atoms with E-state index in [0.717, 1.165) is 30.0 Å². The van der Waals surface area contributed by atoms with Crippen LogP contribution in [0.5, 0.6) is 0 Å². The van der Waals surface area contributed by atoms with Crippen molar-refractivity contribution in [3.05, 3.63) is 41.3 Å². The van der Waals surface area contributed by atoms with Gasteiger partial charge in [-0.25, -0.2) is 13.6 Å². The zero-order valence-corrected chi connectivity index (χ0v) is 7.72. The Kier molecular flexibility index (Phi) is 3.64. The van der Waals surface area contributed by atoms with E-state index in [1.54, 1.807) is 0 Å². The minimum atomic E-state index is -1.08. The molecule has 1 aromatic rings. The first-order valence-corrected chi connectivity index (χ1v) is 4.49. The number of rotatable bonds is 3. The molecular formula is C9H6F2O2S. The topological polar surface area (TPSA) is 37.3 Å². The number of benzene rings is 1. The van der Waals surface area contributed by atoms with Crippen molar-refractivity contribution in [2.75, 3.05) is 0 Å². The maximum absolute atomic E-state index is 12.6. The second-order valence-corrected chi connectivity index (χ2v) is 3.31. The van der Waals surface area contributed by atoms with Gasteiger partial charge in [-0.05, 0) is 23.6 Å². The van der Waals surface area contributed by atoms with Gasteiger partial charge in [-0.1, -0.05) is 11.8 Å². The Balaban J connectivity index is 2.69. The third-order valence-corrected chi connectivity index (χ3v) is 2.10. The molecule has 1 aromatic carbocycles. The van der Waals surface area contributed by atoms with Crippen LogP contribution in [0.1, 0.15) is 0 Å². The summed E-state index contributed by atoms with van der Waals surface area (Å²) >= 11 is 1.00. The van der Waals surface area contributed by atoms with Crippen molar-refractivity contribution in [1.82, 2.24) is 0 Å². The Morgan fingerprint density at radius 1 is 1.36 bits per heavy atom. The normalized spacial score (nSPS) is 10.7. The molecule has 0 bridgehead atoms. The fourth-order valence-electron chi connectivity index (χ4n) is 0.721. The van der Waals surface area contributed by atoms with Gasteiger partial charge in [0, 0.05) is 11.0 Å². The molecule has 0 aromatic heterocycles. The zero-order valence-electron chi connectivity index (χ0n) is 6.91. The van der Waals surface area contributed by atoms with Crippen molar-refractivity contribution in [3.8, 4) is 0 Å². The molecule has 0 saturated carbocycles. The summed E-state index contributed by atoms with van der Waals surface area (Å²) < 4.78 is 25.1. The summed E-state index contributed by atoms with van der Waals surface area (Å²) in [5.74, 6) is -2.95. The molecule has 0 radical (unpaired) electrons. The van der Waals surface area contributed by atoms with Crippen molar-refractivity contribution in [1.29, 1.82) is 0 Å². The highest BCUT2D eigenvalue weighted by molar-refractivity contribution is 8.02. The molecule has 5 heteroatoms. The van der Waals surface area contributed by atoms with Gasteiger partial charge in [0.15, 0.2) is 11.6 Å². The molecule has 2 nitrogen and oxygen atoms in total. The third kappa shape index (κ3) is 3.18. The van der Waals surface area contributed by atoms with Crippen LogP contribution >= 0.6 is 11.8 Å². The highest BCUT2D eigenvalue weighted by Gasteiger charge is 2.01. The zero-order chi connectivity index (χ0) is 10.6. The molecule has 0 aliphatic heterocycles. The van der Waals surface area contributed by atoms with Crippen LogP contribution in [0.2, 0.25) is 0 Å². The maximum atomic E-state index is 12.6. The van der Waals surface area contributed by atoms with Crippen molar-refractivity contribution < 1.29 is 18.7 Å². The quantitative estimate of drug-likeness (QED) is 0.623. The van der Waals surface area contributed by atoms with E-state index in [4.69, 9.17) is 5.11 Å². The van der Waals surface area contributed by atoms with Crippen molar-refractivity contribution >= 4 is 17.7 Å². The van der Waals surface area contributed by atoms with E-state index in [9.17, 15) is 13.6 Å². The van der Waals surface area contributed by atoms with Gasteiger partial charge in [0.25, 0.3) is 0 Å². The number of carboxylic acid groups (broad SMARTS) is 1. The van der Waals surface area contributed by atoms with Crippen LogP contribution in [-0.4, -0.2) is 11.1 Å².